The van der Waals surface area contributed by atoms with Gasteiger partial charge in [0.25, 0.3) is 0 Å². The predicted octanol–water partition coefficient (Wildman–Crippen LogP) is 4.02. The molecule has 3 heteroatoms. The van der Waals surface area contributed by atoms with Gasteiger partial charge in [-0.15, -0.1) is 11.3 Å². The summed E-state index contributed by atoms with van der Waals surface area (Å²) in [6.45, 7) is 4.05. The van der Waals surface area contributed by atoms with E-state index in [2.05, 4.69) is 29.2 Å². The maximum absolute atomic E-state index is 5.95. The van der Waals surface area contributed by atoms with Crippen molar-refractivity contribution in [3.63, 3.8) is 0 Å². The molecule has 2 N–H and O–H groups in total. The van der Waals surface area contributed by atoms with Gasteiger partial charge in [0.2, 0.25) is 0 Å². The van der Waals surface area contributed by atoms with Gasteiger partial charge in [-0.05, 0) is 38.2 Å². The van der Waals surface area contributed by atoms with Crippen LogP contribution in [-0.4, -0.2) is 4.98 Å². The van der Waals surface area contributed by atoms with Gasteiger partial charge in [0, 0.05) is 16.5 Å². The highest BCUT2D eigenvalue weighted by atomic mass is 32.1. The van der Waals surface area contributed by atoms with E-state index in [1.807, 2.05) is 13.8 Å². The summed E-state index contributed by atoms with van der Waals surface area (Å²) in [6.07, 6.45) is 2.70. The predicted molar refractivity (Wildman–Crippen MR) is 76.9 cm³/mol. The van der Waals surface area contributed by atoms with Gasteiger partial charge in [-0.1, -0.05) is 24.3 Å². The Morgan fingerprint density at radius 1 is 1.28 bits per heavy atom. The zero-order chi connectivity index (χ0) is 12.7. The zero-order valence-corrected chi connectivity index (χ0v) is 11.6. The largest absolute Gasteiger partial charge is 0.323 e. The van der Waals surface area contributed by atoms with Crippen molar-refractivity contribution in [2.75, 3.05) is 0 Å². The summed E-state index contributed by atoms with van der Waals surface area (Å²) in [4.78, 5) is 5.82. The maximum Gasteiger partial charge on any atom is 0.123 e. The highest BCUT2D eigenvalue weighted by Crippen LogP contribution is 2.40. The van der Waals surface area contributed by atoms with Crippen molar-refractivity contribution < 1.29 is 0 Å². The number of hydrogen-bond donors (Lipinski definition) is 1. The minimum Gasteiger partial charge on any atom is -0.323 e. The first-order chi connectivity index (χ1) is 8.65. The number of nitrogens with zero attached hydrogens (tertiary/aromatic N) is 1. The summed E-state index contributed by atoms with van der Waals surface area (Å²) >= 11 is 1.71. The maximum atomic E-state index is 5.95. The molecule has 1 heterocycles. The van der Waals surface area contributed by atoms with Crippen molar-refractivity contribution in [3.8, 4) is 10.6 Å². The highest BCUT2D eigenvalue weighted by Gasteiger charge is 2.23. The van der Waals surface area contributed by atoms with Crippen molar-refractivity contribution in [1.82, 2.24) is 4.98 Å². The summed E-state index contributed by atoms with van der Waals surface area (Å²) in [7, 11) is 0. The third-order valence-corrected chi connectivity index (χ3v) is 4.86. The lowest BCUT2D eigenvalue weighted by Gasteiger charge is -2.00. The van der Waals surface area contributed by atoms with E-state index in [1.165, 1.54) is 28.8 Å². The third-order valence-electron chi connectivity index (χ3n) is 3.45. The molecule has 1 unspecified atom stereocenters. The van der Waals surface area contributed by atoms with Crippen LogP contribution >= 0.6 is 11.3 Å². The fraction of sp³-hybridized carbons (Fsp3) is 0.400. The van der Waals surface area contributed by atoms with Gasteiger partial charge in [0.15, 0.2) is 0 Å². The van der Waals surface area contributed by atoms with Gasteiger partial charge in [0.05, 0.1) is 5.69 Å². The van der Waals surface area contributed by atoms with Crippen LogP contribution in [-0.2, 0) is 0 Å². The van der Waals surface area contributed by atoms with E-state index >= 15 is 0 Å². The molecule has 1 aliphatic rings. The first-order valence-corrected chi connectivity index (χ1v) is 7.30. The molecule has 1 saturated carbocycles. The molecule has 0 aliphatic heterocycles. The van der Waals surface area contributed by atoms with Crippen LogP contribution in [0.5, 0.6) is 0 Å². The molecule has 1 fully saturated rings. The number of nitrogens with two attached hydrogens (primary N) is 1. The second kappa shape index (κ2) is 4.48. The fourth-order valence-corrected chi connectivity index (χ4v) is 3.29. The normalized spacial score (nSPS) is 16.8. The number of thiazole rings is 1. The molecule has 1 aromatic heterocycles. The average Bonchev–Trinajstić information content (AvgIpc) is 3.12. The average molecular weight is 258 g/mol. The standard InChI is InChI=1S/C15H18N2S/c1-9(16)14-10(2)17-15(18-14)13-7-5-12(6-8-13)11-3-4-11/h5-9,11H,3-4,16H2,1-2H3. The molecular formula is C15H18N2S. The molecule has 3 rings (SSSR count). The van der Waals surface area contributed by atoms with E-state index in [9.17, 15) is 0 Å². The van der Waals surface area contributed by atoms with E-state index in [0.717, 1.165) is 16.6 Å². The molecule has 0 saturated heterocycles. The minimum absolute atomic E-state index is 0.0713. The van der Waals surface area contributed by atoms with Crippen LogP contribution in [0.25, 0.3) is 10.6 Å². The summed E-state index contributed by atoms with van der Waals surface area (Å²) < 4.78 is 0. The Morgan fingerprint density at radius 2 is 1.94 bits per heavy atom. The Labute approximate surface area is 112 Å². The molecule has 1 atom stereocenters. The second-order valence-electron chi connectivity index (χ2n) is 5.15. The topological polar surface area (TPSA) is 38.9 Å². The van der Waals surface area contributed by atoms with Crippen molar-refractivity contribution >= 4 is 11.3 Å². The van der Waals surface area contributed by atoms with Gasteiger partial charge in [-0.25, -0.2) is 4.98 Å². The number of hydrogen-bond acceptors (Lipinski definition) is 3. The van der Waals surface area contributed by atoms with Crippen molar-refractivity contribution in [2.45, 2.75) is 38.6 Å². The minimum atomic E-state index is 0.0713. The molecular weight excluding hydrogens is 240 g/mol. The van der Waals surface area contributed by atoms with E-state index in [-0.39, 0.29) is 6.04 Å². The van der Waals surface area contributed by atoms with Gasteiger partial charge in [0.1, 0.15) is 5.01 Å². The molecule has 1 aliphatic carbocycles. The Bertz CT molecular complexity index is 550. The summed E-state index contributed by atoms with van der Waals surface area (Å²) in [5, 5.41) is 1.09. The van der Waals surface area contributed by atoms with Crippen LogP contribution in [0.15, 0.2) is 24.3 Å². The molecule has 18 heavy (non-hydrogen) atoms. The van der Waals surface area contributed by atoms with Crippen LogP contribution in [0, 0.1) is 6.92 Å². The van der Waals surface area contributed by atoms with Crippen molar-refractivity contribution in [3.05, 3.63) is 40.4 Å². The summed E-state index contributed by atoms with van der Waals surface area (Å²) in [5.41, 5.74) is 9.69. The Hall–Kier alpha value is -1.19. The Kier molecular flexibility index (Phi) is 2.96. The molecule has 2 aromatic rings. The highest BCUT2D eigenvalue weighted by molar-refractivity contribution is 7.15. The number of rotatable bonds is 3. The molecule has 0 amide bonds. The van der Waals surface area contributed by atoms with Gasteiger partial charge in [-0.3, -0.25) is 0 Å². The van der Waals surface area contributed by atoms with E-state index in [4.69, 9.17) is 5.73 Å². The Balaban J connectivity index is 1.91. The molecule has 0 bridgehead atoms. The summed E-state index contributed by atoms with van der Waals surface area (Å²) in [5.74, 6) is 0.816. The first-order valence-electron chi connectivity index (χ1n) is 6.48. The van der Waals surface area contributed by atoms with Gasteiger partial charge in [-0.2, -0.15) is 0 Å². The molecule has 1 aromatic carbocycles. The number of benzene rings is 1. The number of aryl methyl sites for hydroxylation is 1. The first kappa shape index (κ1) is 11.9. The lowest BCUT2D eigenvalue weighted by molar-refractivity contribution is 0.825. The molecule has 0 spiro atoms. The smallest absolute Gasteiger partial charge is 0.123 e. The number of aromatic nitrogens is 1. The van der Waals surface area contributed by atoms with E-state index in [0.29, 0.717) is 0 Å². The van der Waals surface area contributed by atoms with Crippen LogP contribution in [0.4, 0.5) is 0 Å². The Morgan fingerprint density at radius 3 is 2.44 bits per heavy atom. The zero-order valence-electron chi connectivity index (χ0n) is 10.8. The van der Waals surface area contributed by atoms with Crippen LogP contribution in [0.3, 0.4) is 0 Å². The molecule has 0 radical (unpaired) electrons. The quantitative estimate of drug-likeness (QED) is 0.903. The van der Waals surface area contributed by atoms with E-state index in [1.54, 1.807) is 11.3 Å². The van der Waals surface area contributed by atoms with Crippen LogP contribution < -0.4 is 5.73 Å². The monoisotopic (exact) mass is 258 g/mol. The van der Waals surface area contributed by atoms with Crippen LogP contribution in [0.2, 0.25) is 0 Å². The van der Waals surface area contributed by atoms with Gasteiger partial charge < -0.3 is 5.73 Å². The van der Waals surface area contributed by atoms with Gasteiger partial charge >= 0.3 is 0 Å². The van der Waals surface area contributed by atoms with E-state index < -0.39 is 0 Å². The lowest BCUT2D eigenvalue weighted by Crippen LogP contribution is -2.03. The molecule has 2 nitrogen and oxygen atoms in total. The van der Waals surface area contributed by atoms with Crippen molar-refractivity contribution in [2.24, 2.45) is 5.73 Å². The van der Waals surface area contributed by atoms with Crippen LogP contribution in [0.1, 0.15) is 47.9 Å². The van der Waals surface area contributed by atoms with Crippen molar-refractivity contribution in [1.29, 1.82) is 0 Å². The second-order valence-corrected chi connectivity index (χ2v) is 6.18. The fourth-order valence-electron chi connectivity index (χ4n) is 2.27. The molecule has 94 valence electrons. The summed E-state index contributed by atoms with van der Waals surface area (Å²) in [6, 6.07) is 8.94. The SMILES string of the molecule is Cc1nc(-c2ccc(C3CC3)cc2)sc1C(C)N. The third kappa shape index (κ3) is 2.20. The lowest BCUT2D eigenvalue weighted by atomic mass is 10.1.